The van der Waals surface area contributed by atoms with Crippen molar-refractivity contribution < 1.29 is 9.18 Å². The van der Waals surface area contributed by atoms with Gasteiger partial charge in [-0.05, 0) is 42.7 Å². The summed E-state index contributed by atoms with van der Waals surface area (Å²) in [6.45, 7) is 2.01. The van der Waals surface area contributed by atoms with Gasteiger partial charge in [0.25, 0.3) is 0 Å². The number of amides is 1. The van der Waals surface area contributed by atoms with Crippen molar-refractivity contribution in [1.29, 1.82) is 0 Å². The van der Waals surface area contributed by atoms with Crippen molar-refractivity contribution >= 4 is 17.5 Å². The Bertz CT molecular complexity index is 664. The van der Waals surface area contributed by atoms with Gasteiger partial charge >= 0.3 is 0 Å². The average molecular weight is 328 g/mol. The number of hydrogen-bond donors (Lipinski definition) is 1. The van der Waals surface area contributed by atoms with Crippen LogP contribution in [0.5, 0.6) is 0 Å². The molecule has 3 rings (SSSR count). The summed E-state index contributed by atoms with van der Waals surface area (Å²) < 4.78 is 12.9. The molecule has 2 heterocycles. The molecular weight excluding hydrogens is 307 g/mol. The predicted molar refractivity (Wildman–Crippen MR) is 91.4 cm³/mol. The Balaban J connectivity index is 1.57. The normalized spacial score (nSPS) is 15.0. The topological polar surface area (TPSA) is 58.1 Å². The van der Waals surface area contributed by atoms with E-state index in [4.69, 9.17) is 0 Å². The molecule has 0 atom stereocenters. The van der Waals surface area contributed by atoms with Gasteiger partial charge in [0.15, 0.2) is 11.6 Å². The summed E-state index contributed by atoms with van der Waals surface area (Å²) in [5.74, 6) is 0.779. The lowest BCUT2D eigenvalue weighted by Gasteiger charge is -2.20. The van der Waals surface area contributed by atoms with Crippen LogP contribution in [-0.2, 0) is 11.2 Å². The summed E-state index contributed by atoms with van der Waals surface area (Å²) in [6.07, 6.45) is 5.06. The van der Waals surface area contributed by atoms with Crippen molar-refractivity contribution in [3.8, 4) is 0 Å². The highest BCUT2D eigenvalue weighted by Crippen LogP contribution is 2.17. The number of nitrogens with zero attached hydrogens (tertiary/aromatic N) is 3. The van der Waals surface area contributed by atoms with Crippen molar-refractivity contribution in [3.63, 3.8) is 0 Å². The maximum absolute atomic E-state index is 12.9. The summed E-state index contributed by atoms with van der Waals surface area (Å²) in [7, 11) is 0. The Kier molecular flexibility index (Phi) is 5.36. The lowest BCUT2D eigenvalue weighted by Crippen LogP contribution is -2.25. The van der Waals surface area contributed by atoms with Crippen LogP contribution in [0.4, 0.5) is 16.0 Å². The molecule has 2 aromatic rings. The molecule has 0 spiro atoms. The number of halogens is 1. The number of rotatable bonds is 4. The number of hydrogen-bond acceptors (Lipinski definition) is 4. The number of anilines is 2. The quantitative estimate of drug-likeness (QED) is 0.936. The van der Waals surface area contributed by atoms with Gasteiger partial charge in [0.05, 0.1) is 6.42 Å². The highest BCUT2D eigenvalue weighted by molar-refractivity contribution is 5.91. The Morgan fingerprint density at radius 2 is 1.71 bits per heavy atom. The van der Waals surface area contributed by atoms with E-state index in [0.717, 1.165) is 24.5 Å². The second-order valence-electron chi connectivity index (χ2n) is 6.03. The molecule has 0 saturated carbocycles. The Morgan fingerprint density at radius 1 is 1.00 bits per heavy atom. The number of carbonyl (C=O) groups is 1. The molecule has 1 aliphatic rings. The highest BCUT2D eigenvalue weighted by atomic mass is 19.1. The second kappa shape index (κ2) is 7.86. The molecule has 0 aliphatic carbocycles. The number of nitrogens with one attached hydrogen (secondary N) is 1. The van der Waals surface area contributed by atoms with Gasteiger partial charge in [-0.3, -0.25) is 4.79 Å². The van der Waals surface area contributed by atoms with Crippen molar-refractivity contribution in [2.24, 2.45) is 0 Å². The molecule has 6 heteroatoms. The predicted octanol–water partition coefficient (Wildman–Crippen LogP) is 3.18. The van der Waals surface area contributed by atoms with Crippen molar-refractivity contribution in [3.05, 3.63) is 47.8 Å². The summed E-state index contributed by atoms with van der Waals surface area (Å²) in [5.41, 5.74) is 0.753. The molecule has 0 bridgehead atoms. The molecule has 5 nitrogen and oxygen atoms in total. The highest BCUT2D eigenvalue weighted by Gasteiger charge is 2.12. The van der Waals surface area contributed by atoms with Crippen LogP contribution in [0, 0.1) is 5.82 Å². The molecule has 126 valence electrons. The third kappa shape index (κ3) is 4.50. The van der Waals surface area contributed by atoms with Crippen LogP contribution in [-0.4, -0.2) is 29.2 Å². The van der Waals surface area contributed by atoms with Crippen LogP contribution in [0.15, 0.2) is 36.4 Å². The second-order valence-corrected chi connectivity index (χ2v) is 6.03. The molecule has 1 amide bonds. The fraction of sp³-hybridized carbons (Fsp3) is 0.389. The maximum atomic E-state index is 12.9. The zero-order valence-electron chi connectivity index (χ0n) is 13.5. The van der Waals surface area contributed by atoms with Gasteiger partial charge < -0.3 is 10.2 Å². The summed E-state index contributed by atoms with van der Waals surface area (Å²) in [4.78, 5) is 14.3. The van der Waals surface area contributed by atoms with Gasteiger partial charge in [-0.15, -0.1) is 10.2 Å². The summed E-state index contributed by atoms with van der Waals surface area (Å²) in [6, 6.07) is 9.56. The zero-order chi connectivity index (χ0) is 16.8. The molecule has 1 aromatic heterocycles. The molecule has 1 aliphatic heterocycles. The SMILES string of the molecule is O=C(Cc1ccc(F)cc1)Nc1ccc(N2CCCCCC2)nn1. The monoisotopic (exact) mass is 328 g/mol. The Labute approximate surface area is 140 Å². The van der Waals surface area contributed by atoms with Gasteiger partial charge in [0.2, 0.25) is 5.91 Å². The molecule has 1 aromatic carbocycles. The number of aromatic nitrogens is 2. The smallest absolute Gasteiger partial charge is 0.229 e. The van der Waals surface area contributed by atoms with E-state index in [0.29, 0.717) is 5.82 Å². The first-order chi connectivity index (χ1) is 11.7. The first-order valence-electron chi connectivity index (χ1n) is 8.34. The van der Waals surface area contributed by atoms with E-state index in [-0.39, 0.29) is 18.1 Å². The van der Waals surface area contributed by atoms with Crippen molar-refractivity contribution in [2.75, 3.05) is 23.3 Å². The zero-order valence-corrected chi connectivity index (χ0v) is 13.5. The van der Waals surface area contributed by atoms with Crippen LogP contribution in [0.3, 0.4) is 0 Å². The van der Waals surface area contributed by atoms with Crippen LogP contribution < -0.4 is 10.2 Å². The molecular formula is C18H21FN4O. The lowest BCUT2D eigenvalue weighted by atomic mass is 10.1. The Hall–Kier alpha value is -2.50. The van der Waals surface area contributed by atoms with Crippen LogP contribution in [0.2, 0.25) is 0 Å². The molecule has 1 N–H and O–H groups in total. The molecule has 1 saturated heterocycles. The van der Waals surface area contributed by atoms with Crippen LogP contribution in [0.1, 0.15) is 31.2 Å². The maximum Gasteiger partial charge on any atom is 0.229 e. The van der Waals surface area contributed by atoms with Gasteiger partial charge in [0, 0.05) is 13.1 Å². The van der Waals surface area contributed by atoms with E-state index in [1.807, 2.05) is 6.07 Å². The first-order valence-corrected chi connectivity index (χ1v) is 8.34. The lowest BCUT2D eigenvalue weighted by molar-refractivity contribution is -0.115. The van der Waals surface area contributed by atoms with E-state index in [2.05, 4.69) is 20.4 Å². The summed E-state index contributed by atoms with van der Waals surface area (Å²) >= 11 is 0. The molecule has 1 fully saturated rings. The van der Waals surface area contributed by atoms with E-state index in [1.165, 1.54) is 37.8 Å². The van der Waals surface area contributed by atoms with Gasteiger partial charge in [0.1, 0.15) is 5.82 Å². The number of benzene rings is 1. The standard InChI is InChI=1S/C18H21FN4O/c19-15-7-5-14(6-8-15)13-18(24)20-16-9-10-17(22-21-16)23-11-3-1-2-4-12-23/h5-10H,1-4,11-13H2,(H,20,21,24). The molecule has 0 unspecified atom stereocenters. The minimum atomic E-state index is -0.311. The number of carbonyl (C=O) groups excluding carboxylic acids is 1. The van der Waals surface area contributed by atoms with Crippen molar-refractivity contribution in [2.45, 2.75) is 32.1 Å². The van der Waals surface area contributed by atoms with E-state index in [1.54, 1.807) is 18.2 Å². The van der Waals surface area contributed by atoms with Crippen molar-refractivity contribution in [1.82, 2.24) is 10.2 Å². The molecule has 24 heavy (non-hydrogen) atoms. The third-order valence-electron chi connectivity index (χ3n) is 4.13. The average Bonchev–Trinajstić information content (AvgIpc) is 2.87. The summed E-state index contributed by atoms with van der Waals surface area (Å²) in [5, 5.41) is 11.0. The van der Waals surface area contributed by atoms with E-state index < -0.39 is 0 Å². The Morgan fingerprint density at radius 3 is 2.33 bits per heavy atom. The van der Waals surface area contributed by atoms with Crippen LogP contribution >= 0.6 is 0 Å². The van der Waals surface area contributed by atoms with E-state index >= 15 is 0 Å². The van der Waals surface area contributed by atoms with Gasteiger partial charge in [-0.1, -0.05) is 25.0 Å². The fourth-order valence-corrected chi connectivity index (χ4v) is 2.84. The minimum Gasteiger partial charge on any atom is -0.355 e. The first kappa shape index (κ1) is 16.4. The molecule has 0 radical (unpaired) electrons. The fourth-order valence-electron chi connectivity index (χ4n) is 2.84. The minimum absolute atomic E-state index is 0.176. The van der Waals surface area contributed by atoms with Gasteiger partial charge in [-0.25, -0.2) is 4.39 Å². The van der Waals surface area contributed by atoms with Gasteiger partial charge in [-0.2, -0.15) is 0 Å². The van der Waals surface area contributed by atoms with E-state index in [9.17, 15) is 9.18 Å². The van der Waals surface area contributed by atoms with Crippen LogP contribution in [0.25, 0.3) is 0 Å². The third-order valence-corrected chi connectivity index (χ3v) is 4.13. The largest absolute Gasteiger partial charge is 0.355 e.